The second-order valence-corrected chi connectivity index (χ2v) is 4.80. The summed E-state index contributed by atoms with van der Waals surface area (Å²) in [6.45, 7) is 1.47. The summed E-state index contributed by atoms with van der Waals surface area (Å²) in [4.78, 5) is 12.8. The number of likely N-dealkylation sites (N-methyl/N-ethyl adjacent to an activating group) is 1. The highest BCUT2D eigenvalue weighted by Gasteiger charge is 2.15. The lowest BCUT2D eigenvalue weighted by atomic mass is 10.1. The molecule has 0 saturated carbocycles. The second kappa shape index (κ2) is 5.50. The second-order valence-electron chi connectivity index (χ2n) is 3.65. The Hall–Kier alpha value is -0.220. The Bertz CT molecular complexity index is 167. The van der Waals surface area contributed by atoms with Crippen LogP contribution in [0.5, 0.6) is 0 Å². The molecule has 0 aromatic rings. The van der Waals surface area contributed by atoms with Crippen LogP contribution in [0, 0.1) is 5.92 Å². The molecule has 1 aliphatic rings. The number of hydrogen-bond acceptors (Lipinski definition) is 3. The smallest absolute Gasteiger partial charge is 0.236 e. The van der Waals surface area contributed by atoms with Crippen molar-refractivity contribution in [3.8, 4) is 0 Å². The Morgan fingerprint density at radius 3 is 2.92 bits per heavy atom. The van der Waals surface area contributed by atoms with Crippen LogP contribution in [-0.2, 0) is 4.79 Å². The molecule has 1 rings (SSSR count). The molecule has 1 fully saturated rings. The number of carbonyl (C=O) groups excluding carboxylic acids is 1. The molecule has 1 N–H and O–H groups in total. The Labute approximate surface area is 84.2 Å². The van der Waals surface area contributed by atoms with Crippen molar-refractivity contribution in [2.24, 2.45) is 5.92 Å². The van der Waals surface area contributed by atoms with Crippen LogP contribution in [0.2, 0.25) is 0 Å². The molecular weight excluding hydrogens is 184 g/mol. The van der Waals surface area contributed by atoms with Gasteiger partial charge in [-0.1, -0.05) is 0 Å². The van der Waals surface area contributed by atoms with E-state index in [1.807, 2.05) is 11.8 Å². The van der Waals surface area contributed by atoms with Crippen LogP contribution in [0.15, 0.2) is 0 Å². The fourth-order valence-corrected chi connectivity index (χ4v) is 2.57. The van der Waals surface area contributed by atoms with Crippen LogP contribution in [0.1, 0.15) is 6.42 Å². The average molecular weight is 202 g/mol. The largest absolute Gasteiger partial charge is 0.348 e. The van der Waals surface area contributed by atoms with Gasteiger partial charge in [0.2, 0.25) is 5.91 Å². The van der Waals surface area contributed by atoms with Gasteiger partial charge in [0, 0.05) is 14.1 Å². The summed E-state index contributed by atoms with van der Waals surface area (Å²) >= 11 is 2.01. The molecule has 0 radical (unpaired) electrons. The molecular formula is C9H18N2OS. The minimum absolute atomic E-state index is 0.158. The van der Waals surface area contributed by atoms with E-state index in [-0.39, 0.29) is 5.91 Å². The number of amides is 1. The Balaban J connectivity index is 2.03. The van der Waals surface area contributed by atoms with Crippen molar-refractivity contribution in [3.05, 3.63) is 0 Å². The summed E-state index contributed by atoms with van der Waals surface area (Å²) in [5, 5.41) is 3.20. The van der Waals surface area contributed by atoms with Crippen LogP contribution in [0.3, 0.4) is 0 Å². The number of carbonyl (C=O) groups is 1. The minimum atomic E-state index is 0.158. The van der Waals surface area contributed by atoms with E-state index in [9.17, 15) is 4.79 Å². The Morgan fingerprint density at radius 1 is 1.62 bits per heavy atom. The van der Waals surface area contributed by atoms with Gasteiger partial charge >= 0.3 is 0 Å². The Kier molecular flexibility index (Phi) is 4.59. The van der Waals surface area contributed by atoms with E-state index in [2.05, 4.69) is 5.32 Å². The molecule has 0 spiro atoms. The van der Waals surface area contributed by atoms with Crippen molar-refractivity contribution in [3.63, 3.8) is 0 Å². The van der Waals surface area contributed by atoms with E-state index in [1.54, 1.807) is 19.0 Å². The zero-order chi connectivity index (χ0) is 9.68. The van der Waals surface area contributed by atoms with Gasteiger partial charge in [-0.3, -0.25) is 4.79 Å². The first kappa shape index (κ1) is 10.9. The molecule has 0 aromatic heterocycles. The number of nitrogens with one attached hydrogen (secondary N) is 1. The van der Waals surface area contributed by atoms with Gasteiger partial charge in [-0.2, -0.15) is 11.8 Å². The quantitative estimate of drug-likeness (QED) is 0.717. The molecule has 0 bridgehead atoms. The zero-order valence-electron chi connectivity index (χ0n) is 8.38. The highest BCUT2D eigenvalue weighted by molar-refractivity contribution is 7.99. The van der Waals surface area contributed by atoms with Crippen molar-refractivity contribution in [1.29, 1.82) is 0 Å². The maximum absolute atomic E-state index is 11.2. The van der Waals surface area contributed by atoms with Crippen LogP contribution in [0.25, 0.3) is 0 Å². The highest BCUT2D eigenvalue weighted by atomic mass is 32.2. The molecule has 1 heterocycles. The summed E-state index contributed by atoms with van der Waals surface area (Å²) in [6, 6.07) is 0. The van der Waals surface area contributed by atoms with E-state index in [0.29, 0.717) is 6.54 Å². The van der Waals surface area contributed by atoms with Crippen molar-refractivity contribution < 1.29 is 4.79 Å². The first-order valence-electron chi connectivity index (χ1n) is 4.68. The van der Waals surface area contributed by atoms with E-state index in [4.69, 9.17) is 0 Å². The standard InChI is InChI=1S/C9H18N2OS/c1-11(2)9(12)6-10-5-8-3-4-13-7-8/h8,10H,3-7H2,1-2H3. The number of hydrogen-bond donors (Lipinski definition) is 1. The third-order valence-electron chi connectivity index (χ3n) is 2.23. The first-order chi connectivity index (χ1) is 6.20. The summed E-state index contributed by atoms with van der Waals surface area (Å²) in [5.41, 5.74) is 0. The monoisotopic (exact) mass is 202 g/mol. The molecule has 0 aliphatic carbocycles. The van der Waals surface area contributed by atoms with E-state index >= 15 is 0 Å². The van der Waals surface area contributed by atoms with E-state index in [0.717, 1.165) is 12.5 Å². The van der Waals surface area contributed by atoms with Crippen LogP contribution < -0.4 is 5.32 Å². The van der Waals surface area contributed by atoms with Crippen molar-refractivity contribution in [2.45, 2.75) is 6.42 Å². The molecule has 13 heavy (non-hydrogen) atoms. The van der Waals surface area contributed by atoms with Gasteiger partial charge in [-0.25, -0.2) is 0 Å². The molecule has 3 nitrogen and oxygen atoms in total. The topological polar surface area (TPSA) is 32.3 Å². The zero-order valence-corrected chi connectivity index (χ0v) is 9.19. The molecule has 1 amide bonds. The summed E-state index contributed by atoms with van der Waals surface area (Å²) in [7, 11) is 3.57. The van der Waals surface area contributed by atoms with Crippen LogP contribution in [0.4, 0.5) is 0 Å². The van der Waals surface area contributed by atoms with Crippen molar-refractivity contribution >= 4 is 17.7 Å². The fraction of sp³-hybridized carbons (Fsp3) is 0.889. The molecule has 1 unspecified atom stereocenters. The molecule has 1 aliphatic heterocycles. The summed E-state index contributed by atoms with van der Waals surface area (Å²) in [6.07, 6.45) is 1.30. The van der Waals surface area contributed by atoms with Gasteiger partial charge in [0.25, 0.3) is 0 Å². The van der Waals surface area contributed by atoms with Gasteiger partial charge in [-0.05, 0) is 30.4 Å². The molecule has 4 heteroatoms. The number of thioether (sulfide) groups is 1. The molecule has 1 saturated heterocycles. The lowest BCUT2D eigenvalue weighted by molar-refractivity contribution is -0.127. The van der Waals surface area contributed by atoms with E-state index in [1.165, 1.54) is 17.9 Å². The first-order valence-corrected chi connectivity index (χ1v) is 5.84. The minimum Gasteiger partial charge on any atom is -0.348 e. The lowest BCUT2D eigenvalue weighted by Gasteiger charge is -2.12. The molecule has 1 atom stereocenters. The van der Waals surface area contributed by atoms with Gasteiger partial charge in [0.1, 0.15) is 0 Å². The summed E-state index contributed by atoms with van der Waals surface area (Å²) in [5.74, 6) is 3.47. The number of rotatable bonds is 4. The van der Waals surface area contributed by atoms with Crippen molar-refractivity contribution in [1.82, 2.24) is 10.2 Å². The normalized spacial score (nSPS) is 21.8. The SMILES string of the molecule is CN(C)C(=O)CNCC1CCSC1. The van der Waals surface area contributed by atoms with Crippen LogP contribution >= 0.6 is 11.8 Å². The maximum atomic E-state index is 11.2. The number of nitrogens with zero attached hydrogens (tertiary/aromatic N) is 1. The predicted molar refractivity (Wildman–Crippen MR) is 57.0 cm³/mol. The molecule has 0 aromatic carbocycles. The van der Waals surface area contributed by atoms with Crippen LogP contribution in [-0.4, -0.2) is 49.5 Å². The van der Waals surface area contributed by atoms with Gasteiger partial charge in [-0.15, -0.1) is 0 Å². The Morgan fingerprint density at radius 2 is 2.38 bits per heavy atom. The third kappa shape index (κ3) is 4.00. The average Bonchev–Trinajstić information content (AvgIpc) is 2.56. The highest BCUT2D eigenvalue weighted by Crippen LogP contribution is 2.22. The fourth-order valence-electron chi connectivity index (χ4n) is 1.29. The van der Waals surface area contributed by atoms with Gasteiger partial charge < -0.3 is 10.2 Å². The third-order valence-corrected chi connectivity index (χ3v) is 3.46. The lowest BCUT2D eigenvalue weighted by Crippen LogP contribution is -2.35. The predicted octanol–water partition coefficient (Wildman–Crippen LogP) is 0.417. The maximum Gasteiger partial charge on any atom is 0.236 e. The molecule has 76 valence electrons. The summed E-state index contributed by atoms with van der Waals surface area (Å²) < 4.78 is 0. The van der Waals surface area contributed by atoms with Gasteiger partial charge in [0.05, 0.1) is 6.54 Å². The van der Waals surface area contributed by atoms with Crippen molar-refractivity contribution in [2.75, 3.05) is 38.7 Å². The van der Waals surface area contributed by atoms with E-state index < -0.39 is 0 Å². The van der Waals surface area contributed by atoms with Gasteiger partial charge in [0.15, 0.2) is 0 Å².